The molecule has 1 fully saturated rings. The minimum absolute atomic E-state index is 0.194. The molecule has 1 saturated heterocycles. The third kappa shape index (κ3) is 2.27. The van der Waals surface area contributed by atoms with Crippen molar-refractivity contribution in [1.29, 1.82) is 5.26 Å². The zero-order valence-electron chi connectivity index (χ0n) is 10.6. The number of hydrogen-bond donors (Lipinski definition) is 0. The monoisotopic (exact) mass is 234 g/mol. The van der Waals surface area contributed by atoms with Crippen LogP contribution in [0, 0.1) is 18.3 Å². The molecule has 5 nitrogen and oxygen atoms in total. The molecule has 92 valence electrons. The van der Waals surface area contributed by atoms with Crippen molar-refractivity contribution in [3.8, 4) is 6.07 Å². The Balaban J connectivity index is 2.35. The van der Waals surface area contributed by atoms with E-state index in [0.29, 0.717) is 5.56 Å². The van der Waals surface area contributed by atoms with Gasteiger partial charge in [0.05, 0.1) is 11.8 Å². The molecule has 1 aromatic heterocycles. The van der Waals surface area contributed by atoms with Crippen molar-refractivity contribution >= 4 is 5.82 Å². The van der Waals surface area contributed by atoms with Crippen molar-refractivity contribution in [2.45, 2.75) is 26.4 Å². The molecule has 0 bridgehead atoms. The maximum Gasteiger partial charge on any atom is 0.145 e. The van der Waals surface area contributed by atoms with Crippen molar-refractivity contribution in [3.63, 3.8) is 0 Å². The summed E-state index contributed by atoms with van der Waals surface area (Å²) in [5, 5.41) is 13.5. The molecule has 0 radical (unpaired) electrons. The quantitative estimate of drug-likeness (QED) is 0.733. The van der Waals surface area contributed by atoms with Crippen LogP contribution in [0.3, 0.4) is 0 Å². The van der Waals surface area contributed by atoms with Gasteiger partial charge in [-0.1, -0.05) is 0 Å². The van der Waals surface area contributed by atoms with Crippen LogP contribution in [0.4, 0.5) is 5.82 Å². The van der Waals surface area contributed by atoms with Gasteiger partial charge in [-0.3, -0.25) is 4.68 Å². The van der Waals surface area contributed by atoms with E-state index in [4.69, 9.17) is 4.74 Å². The Morgan fingerprint density at radius 2 is 2.29 bits per heavy atom. The molecule has 17 heavy (non-hydrogen) atoms. The Labute approximate surface area is 102 Å². The number of nitriles is 1. The molecule has 0 amide bonds. The summed E-state index contributed by atoms with van der Waals surface area (Å²) in [7, 11) is 1.89. The second kappa shape index (κ2) is 4.76. The van der Waals surface area contributed by atoms with Gasteiger partial charge in [-0.15, -0.1) is 0 Å². The lowest BCUT2D eigenvalue weighted by Gasteiger charge is -2.24. The highest BCUT2D eigenvalue weighted by atomic mass is 16.5. The van der Waals surface area contributed by atoms with Gasteiger partial charge in [0.2, 0.25) is 0 Å². The standard InChI is InChI=1S/C12H18N4O/c1-9-8-16(5-4-6-17-9)12-11(7-13)10(2)14-15(12)3/h9H,4-6,8H2,1-3H3. The van der Waals surface area contributed by atoms with Crippen LogP contribution in [0.5, 0.6) is 0 Å². The Morgan fingerprint density at radius 1 is 1.53 bits per heavy atom. The third-order valence-corrected chi connectivity index (χ3v) is 3.06. The average molecular weight is 234 g/mol. The van der Waals surface area contributed by atoms with Gasteiger partial charge in [0.1, 0.15) is 17.5 Å². The summed E-state index contributed by atoms with van der Waals surface area (Å²) >= 11 is 0. The fraction of sp³-hybridized carbons (Fsp3) is 0.667. The molecule has 0 N–H and O–H groups in total. The molecule has 0 spiro atoms. The first-order chi connectivity index (χ1) is 8.13. The van der Waals surface area contributed by atoms with Gasteiger partial charge in [0.25, 0.3) is 0 Å². The summed E-state index contributed by atoms with van der Waals surface area (Å²) in [6.07, 6.45) is 1.18. The van der Waals surface area contributed by atoms with E-state index in [1.165, 1.54) is 0 Å². The summed E-state index contributed by atoms with van der Waals surface area (Å²) in [5.74, 6) is 0.919. The molecule has 1 unspecified atom stereocenters. The van der Waals surface area contributed by atoms with E-state index >= 15 is 0 Å². The highest BCUT2D eigenvalue weighted by Gasteiger charge is 2.22. The van der Waals surface area contributed by atoms with Crippen LogP contribution < -0.4 is 4.90 Å². The lowest BCUT2D eigenvalue weighted by molar-refractivity contribution is 0.0820. The fourth-order valence-corrected chi connectivity index (χ4v) is 2.33. The molecule has 1 aromatic rings. The molecule has 5 heteroatoms. The lowest BCUT2D eigenvalue weighted by atomic mass is 10.2. The molecule has 0 saturated carbocycles. The maximum atomic E-state index is 9.22. The highest BCUT2D eigenvalue weighted by Crippen LogP contribution is 2.24. The molecule has 1 aliphatic heterocycles. The number of rotatable bonds is 1. The van der Waals surface area contributed by atoms with E-state index in [1.54, 1.807) is 4.68 Å². The zero-order valence-corrected chi connectivity index (χ0v) is 10.6. The van der Waals surface area contributed by atoms with Gasteiger partial charge >= 0.3 is 0 Å². The summed E-state index contributed by atoms with van der Waals surface area (Å²) in [4.78, 5) is 2.20. The summed E-state index contributed by atoms with van der Waals surface area (Å²) in [6.45, 7) is 6.45. The molecule has 1 atom stereocenters. The van der Waals surface area contributed by atoms with Crippen LogP contribution in [-0.4, -0.2) is 35.6 Å². The minimum Gasteiger partial charge on any atom is -0.377 e. The second-order valence-electron chi connectivity index (χ2n) is 4.50. The van der Waals surface area contributed by atoms with Gasteiger partial charge in [-0.05, 0) is 20.3 Å². The number of anilines is 1. The Hall–Kier alpha value is -1.54. The first-order valence-electron chi connectivity index (χ1n) is 5.93. The summed E-state index contributed by atoms with van der Waals surface area (Å²) in [6, 6.07) is 2.25. The third-order valence-electron chi connectivity index (χ3n) is 3.06. The summed E-state index contributed by atoms with van der Waals surface area (Å²) in [5.41, 5.74) is 1.48. The van der Waals surface area contributed by atoms with Crippen molar-refractivity contribution in [1.82, 2.24) is 9.78 Å². The van der Waals surface area contributed by atoms with Crippen LogP contribution in [-0.2, 0) is 11.8 Å². The van der Waals surface area contributed by atoms with Gasteiger partial charge in [-0.25, -0.2) is 0 Å². The number of hydrogen-bond acceptors (Lipinski definition) is 4. The molecule has 2 heterocycles. The first kappa shape index (κ1) is 11.9. The van der Waals surface area contributed by atoms with Crippen LogP contribution in [0.25, 0.3) is 0 Å². The van der Waals surface area contributed by atoms with Crippen molar-refractivity contribution in [2.24, 2.45) is 7.05 Å². The molecular weight excluding hydrogens is 216 g/mol. The van der Waals surface area contributed by atoms with Crippen molar-refractivity contribution < 1.29 is 4.74 Å². The lowest BCUT2D eigenvalue weighted by Crippen LogP contribution is -2.32. The predicted molar refractivity (Wildman–Crippen MR) is 64.9 cm³/mol. The Bertz CT molecular complexity index is 446. The topological polar surface area (TPSA) is 54.1 Å². The number of nitrogens with zero attached hydrogens (tertiary/aromatic N) is 4. The molecule has 2 rings (SSSR count). The smallest absolute Gasteiger partial charge is 0.145 e. The van der Waals surface area contributed by atoms with Crippen molar-refractivity contribution in [3.05, 3.63) is 11.3 Å². The molecule has 1 aliphatic rings. The molecular formula is C12H18N4O. The second-order valence-corrected chi connectivity index (χ2v) is 4.50. The van der Waals surface area contributed by atoms with Gasteiger partial charge < -0.3 is 9.64 Å². The average Bonchev–Trinajstić information content (AvgIpc) is 2.46. The van der Waals surface area contributed by atoms with Gasteiger partial charge in [0.15, 0.2) is 0 Å². The van der Waals surface area contributed by atoms with E-state index < -0.39 is 0 Å². The number of aryl methyl sites for hydroxylation is 2. The van der Waals surface area contributed by atoms with E-state index in [1.807, 2.05) is 14.0 Å². The Morgan fingerprint density at radius 3 is 3.00 bits per heavy atom. The van der Waals surface area contributed by atoms with Crippen LogP contribution in [0.1, 0.15) is 24.6 Å². The predicted octanol–water partition coefficient (Wildman–Crippen LogP) is 1.22. The Kier molecular flexibility index (Phi) is 3.34. The van der Waals surface area contributed by atoms with Crippen LogP contribution in [0.15, 0.2) is 0 Å². The SMILES string of the molecule is Cc1nn(C)c(N2CCCOC(C)C2)c1C#N. The maximum absolute atomic E-state index is 9.22. The van der Waals surface area contributed by atoms with E-state index in [9.17, 15) is 5.26 Å². The summed E-state index contributed by atoms with van der Waals surface area (Å²) < 4.78 is 7.42. The largest absolute Gasteiger partial charge is 0.377 e. The fourth-order valence-electron chi connectivity index (χ4n) is 2.33. The normalized spacial score (nSPS) is 21.1. The molecule has 0 aliphatic carbocycles. The van der Waals surface area contributed by atoms with Crippen LogP contribution >= 0.6 is 0 Å². The van der Waals surface area contributed by atoms with Crippen LogP contribution in [0.2, 0.25) is 0 Å². The number of aromatic nitrogens is 2. The van der Waals surface area contributed by atoms with E-state index in [-0.39, 0.29) is 6.10 Å². The number of ether oxygens (including phenoxy) is 1. The van der Waals surface area contributed by atoms with E-state index in [0.717, 1.165) is 37.6 Å². The zero-order chi connectivity index (χ0) is 12.4. The van der Waals surface area contributed by atoms with Gasteiger partial charge in [-0.2, -0.15) is 10.4 Å². The van der Waals surface area contributed by atoms with E-state index in [2.05, 4.69) is 23.0 Å². The minimum atomic E-state index is 0.194. The first-order valence-corrected chi connectivity index (χ1v) is 5.93. The molecule has 0 aromatic carbocycles. The highest BCUT2D eigenvalue weighted by molar-refractivity contribution is 5.57. The van der Waals surface area contributed by atoms with Gasteiger partial charge in [0, 0.05) is 26.7 Å². The van der Waals surface area contributed by atoms with Crippen molar-refractivity contribution in [2.75, 3.05) is 24.6 Å².